The van der Waals surface area contributed by atoms with Gasteiger partial charge in [-0.2, -0.15) is 5.10 Å². The summed E-state index contributed by atoms with van der Waals surface area (Å²) in [5.74, 6) is -3.02. The van der Waals surface area contributed by atoms with Gasteiger partial charge in [0, 0.05) is 71.2 Å². The summed E-state index contributed by atoms with van der Waals surface area (Å²) in [6.45, 7) is 0. The Bertz CT molecular complexity index is 1160. The number of hydrogen-bond donors (Lipinski definition) is 1. The van der Waals surface area contributed by atoms with E-state index in [0.29, 0.717) is 10.5 Å². The van der Waals surface area contributed by atoms with Gasteiger partial charge in [-0.05, 0) is 18.2 Å². The first-order chi connectivity index (χ1) is 12.9. The van der Waals surface area contributed by atoms with E-state index in [1.807, 2.05) is 31.4 Å². The molecule has 1 aliphatic rings. The molecule has 0 radical (unpaired) electrons. The minimum atomic E-state index is -2.63. The maximum atomic E-state index is 13.1. The minimum absolute atomic E-state index is 0.252. The van der Waals surface area contributed by atoms with Crippen LogP contribution in [0.4, 0.5) is 8.78 Å². The van der Waals surface area contributed by atoms with Crippen molar-refractivity contribution in [3.05, 3.63) is 41.7 Å². The summed E-state index contributed by atoms with van der Waals surface area (Å²) in [5, 5.41) is 16.5. The van der Waals surface area contributed by atoms with Crippen LogP contribution in [-0.2, 0) is 7.05 Å². The zero-order valence-electron chi connectivity index (χ0n) is 14.4. The molecule has 4 aromatic rings. The van der Waals surface area contributed by atoms with Crippen LogP contribution in [0, 0.1) is 5.92 Å². The highest BCUT2D eigenvalue weighted by atomic mass is 32.1. The molecule has 1 fully saturated rings. The van der Waals surface area contributed by atoms with Gasteiger partial charge in [0.15, 0.2) is 5.65 Å². The standard InChI is InChI=1S/C19H16F2N4OS/c1-25-9-13-3-12(7-22-17(13)24-25)11-2-10-4-15(27-18(10)23-8-11)16(26)14-5-19(20,21)6-14/h2-4,7-9,14,16,26H,5-6H2,1H3. The number of hydrogen-bond acceptors (Lipinski definition) is 5. The van der Waals surface area contributed by atoms with Gasteiger partial charge >= 0.3 is 0 Å². The van der Waals surface area contributed by atoms with Crippen LogP contribution in [0.5, 0.6) is 0 Å². The third-order valence-corrected chi connectivity index (χ3v) is 6.19. The van der Waals surface area contributed by atoms with Gasteiger partial charge in [0.1, 0.15) is 4.83 Å². The Hall–Kier alpha value is -2.45. The highest BCUT2D eigenvalue weighted by Crippen LogP contribution is 2.49. The van der Waals surface area contributed by atoms with Crippen molar-refractivity contribution >= 4 is 32.6 Å². The summed E-state index contributed by atoms with van der Waals surface area (Å²) < 4.78 is 27.9. The molecule has 8 heteroatoms. The van der Waals surface area contributed by atoms with Crippen LogP contribution >= 0.6 is 11.3 Å². The lowest BCUT2D eigenvalue weighted by Gasteiger charge is -2.37. The number of alkyl halides is 2. The fourth-order valence-corrected chi connectivity index (χ4v) is 4.67. The van der Waals surface area contributed by atoms with Crippen LogP contribution in [-0.4, -0.2) is 30.8 Å². The van der Waals surface area contributed by atoms with E-state index in [-0.39, 0.29) is 18.8 Å². The van der Waals surface area contributed by atoms with Gasteiger partial charge in [0.2, 0.25) is 5.92 Å². The lowest BCUT2D eigenvalue weighted by Crippen LogP contribution is -2.38. The zero-order chi connectivity index (χ0) is 18.8. The van der Waals surface area contributed by atoms with Crippen LogP contribution < -0.4 is 0 Å². The summed E-state index contributed by atoms with van der Waals surface area (Å²) >= 11 is 1.36. The van der Waals surface area contributed by atoms with Crippen molar-refractivity contribution < 1.29 is 13.9 Å². The molecule has 0 saturated heterocycles. The third-order valence-electron chi connectivity index (χ3n) is 5.06. The van der Waals surface area contributed by atoms with Gasteiger partial charge in [-0.3, -0.25) is 4.68 Å². The van der Waals surface area contributed by atoms with E-state index >= 15 is 0 Å². The van der Waals surface area contributed by atoms with Crippen LogP contribution in [0.15, 0.2) is 36.8 Å². The Labute approximate surface area is 157 Å². The van der Waals surface area contributed by atoms with E-state index in [1.54, 1.807) is 17.1 Å². The Morgan fingerprint density at radius 1 is 1.15 bits per heavy atom. The van der Waals surface area contributed by atoms with Gasteiger partial charge in [-0.25, -0.2) is 18.7 Å². The minimum Gasteiger partial charge on any atom is -0.387 e. The predicted octanol–water partition coefficient (Wildman–Crippen LogP) is 4.32. The van der Waals surface area contributed by atoms with Gasteiger partial charge in [0.05, 0.1) is 6.10 Å². The van der Waals surface area contributed by atoms with E-state index in [9.17, 15) is 13.9 Å². The number of pyridine rings is 2. The Balaban J connectivity index is 1.47. The summed E-state index contributed by atoms with van der Waals surface area (Å²) in [6, 6.07) is 5.86. The fraction of sp³-hybridized carbons (Fsp3) is 0.316. The number of aromatic nitrogens is 4. The molecule has 5 nitrogen and oxygen atoms in total. The molecule has 0 bridgehead atoms. The van der Waals surface area contributed by atoms with E-state index in [2.05, 4.69) is 15.1 Å². The summed E-state index contributed by atoms with van der Waals surface area (Å²) in [7, 11) is 1.85. The SMILES string of the molecule is Cn1cc2cc(-c3cnc4sc(C(O)C5CC(F)(F)C5)cc4c3)cnc2n1. The number of nitrogens with zero attached hydrogens (tertiary/aromatic N) is 4. The van der Waals surface area contributed by atoms with Gasteiger partial charge in [-0.15, -0.1) is 11.3 Å². The normalized spacial score (nSPS) is 18.1. The smallest absolute Gasteiger partial charge is 0.248 e. The van der Waals surface area contributed by atoms with Gasteiger partial charge < -0.3 is 5.11 Å². The van der Waals surface area contributed by atoms with Crippen molar-refractivity contribution in [2.45, 2.75) is 24.9 Å². The Morgan fingerprint density at radius 3 is 2.59 bits per heavy atom. The first-order valence-electron chi connectivity index (χ1n) is 8.63. The molecular weight excluding hydrogens is 370 g/mol. The van der Waals surface area contributed by atoms with E-state index in [1.165, 1.54) is 11.3 Å². The quantitative estimate of drug-likeness (QED) is 0.569. The monoisotopic (exact) mass is 386 g/mol. The van der Waals surface area contributed by atoms with Crippen LogP contribution in [0.2, 0.25) is 0 Å². The number of fused-ring (bicyclic) bond motifs is 2. The van der Waals surface area contributed by atoms with Gasteiger partial charge in [0.25, 0.3) is 0 Å². The maximum Gasteiger partial charge on any atom is 0.248 e. The number of rotatable bonds is 3. The first kappa shape index (κ1) is 16.7. The molecule has 5 rings (SSSR count). The highest BCUT2D eigenvalue weighted by molar-refractivity contribution is 7.18. The molecule has 1 aliphatic carbocycles. The Morgan fingerprint density at radius 2 is 1.85 bits per heavy atom. The topological polar surface area (TPSA) is 63.8 Å². The molecule has 27 heavy (non-hydrogen) atoms. The molecule has 4 aromatic heterocycles. The van der Waals surface area contributed by atoms with Crippen LogP contribution in [0.3, 0.4) is 0 Å². The molecule has 0 aromatic carbocycles. The van der Waals surface area contributed by atoms with E-state index in [4.69, 9.17) is 0 Å². The van der Waals surface area contributed by atoms with Gasteiger partial charge in [-0.1, -0.05) is 0 Å². The second kappa shape index (κ2) is 5.77. The maximum absolute atomic E-state index is 13.1. The molecule has 1 saturated carbocycles. The first-order valence-corrected chi connectivity index (χ1v) is 9.45. The number of aliphatic hydroxyl groups excluding tert-OH is 1. The molecule has 1 unspecified atom stereocenters. The van der Waals surface area contributed by atoms with Crippen molar-refractivity contribution in [3.8, 4) is 11.1 Å². The molecule has 4 heterocycles. The predicted molar refractivity (Wildman–Crippen MR) is 99.8 cm³/mol. The van der Waals surface area contributed by atoms with Crippen molar-refractivity contribution in [3.63, 3.8) is 0 Å². The van der Waals surface area contributed by atoms with Crippen LogP contribution in [0.1, 0.15) is 23.8 Å². The van der Waals surface area contributed by atoms with E-state index < -0.39 is 12.0 Å². The van der Waals surface area contributed by atoms with Crippen LogP contribution in [0.25, 0.3) is 32.4 Å². The summed E-state index contributed by atoms with van der Waals surface area (Å²) in [5.41, 5.74) is 2.53. The number of thiophene rings is 1. The second-order valence-corrected chi connectivity index (χ2v) is 8.24. The largest absolute Gasteiger partial charge is 0.387 e. The number of aryl methyl sites for hydroxylation is 1. The Kier molecular flexibility index (Phi) is 3.57. The van der Waals surface area contributed by atoms with Crippen molar-refractivity contribution in [2.75, 3.05) is 0 Å². The summed E-state index contributed by atoms with van der Waals surface area (Å²) in [4.78, 5) is 10.3. The van der Waals surface area contributed by atoms with Crippen molar-refractivity contribution in [1.82, 2.24) is 19.7 Å². The van der Waals surface area contributed by atoms with Crippen molar-refractivity contribution in [2.24, 2.45) is 13.0 Å². The molecule has 138 valence electrons. The zero-order valence-corrected chi connectivity index (χ0v) is 15.2. The number of aliphatic hydroxyl groups is 1. The highest BCUT2D eigenvalue weighted by Gasteiger charge is 2.48. The molecule has 0 spiro atoms. The number of halogens is 2. The fourth-order valence-electron chi connectivity index (χ4n) is 3.61. The second-order valence-electron chi connectivity index (χ2n) is 7.18. The molecule has 1 atom stereocenters. The lowest BCUT2D eigenvalue weighted by atomic mass is 9.77. The third kappa shape index (κ3) is 2.89. The molecule has 0 amide bonds. The summed E-state index contributed by atoms with van der Waals surface area (Å²) in [6.07, 6.45) is 4.07. The van der Waals surface area contributed by atoms with E-state index in [0.717, 1.165) is 26.7 Å². The average molecular weight is 386 g/mol. The molecular formula is C19H16F2N4OS. The molecule has 0 aliphatic heterocycles. The average Bonchev–Trinajstić information content (AvgIpc) is 3.19. The lowest BCUT2D eigenvalue weighted by molar-refractivity contribution is -0.141. The van der Waals surface area contributed by atoms with Crippen molar-refractivity contribution in [1.29, 1.82) is 0 Å². The molecule has 1 N–H and O–H groups in total.